The fourth-order valence-electron chi connectivity index (χ4n) is 1.96. The Bertz CT molecular complexity index is 683. The first kappa shape index (κ1) is 14.9. The summed E-state index contributed by atoms with van der Waals surface area (Å²) in [6.07, 6.45) is 0. The molecular weight excluding hydrogens is 272 g/mol. The Morgan fingerprint density at radius 3 is 2.43 bits per heavy atom. The second kappa shape index (κ2) is 5.12. The topological polar surface area (TPSA) is 95.4 Å². The van der Waals surface area contributed by atoms with Crippen molar-refractivity contribution in [3.63, 3.8) is 0 Å². The molecule has 2 aromatic rings. The number of phenolic OH excluding ortho intramolecular Hbond substituents is 1. The predicted octanol–water partition coefficient (Wildman–Crippen LogP) is 2.79. The first-order chi connectivity index (χ1) is 9.74. The van der Waals surface area contributed by atoms with Crippen molar-refractivity contribution in [1.82, 2.24) is 10.2 Å². The van der Waals surface area contributed by atoms with Crippen molar-refractivity contribution >= 4 is 5.97 Å². The number of benzene rings is 1. The number of rotatable bonds is 3. The molecule has 0 unspecified atom stereocenters. The third-order valence-corrected chi connectivity index (χ3v) is 3.25. The lowest BCUT2D eigenvalue weighted by Crippen LogP contribution is -2.11. The molecule has 0 aliphatic carbocycles. The van der Waals surface area contributed by atoms with Crippen LogP contribution in [0.1, 0.15) is 36.8 Å². The van der Waals surface area contributed by atoms with E-state index in [4.69, 9.17) is 9.84 Å². The third kappa shape index (κ3) is 2.84. The molecule has 1 heterocycles. The zero-order valence-electron chi connectivity index (χ0n) is 12.4. The summed E-state index contributed by atoms with van der Waals surface area (Å²) in [5.74, 6) is -0.835. The highest BCUT2D eigenvalue weighted by molar-refractivity contribution is 5.87. The summed E-state index contributed by atoms with van der Waals surface area (Å²) in [5, 5.41) is 25.6. The number of nitrogens with one attached hydrogen (secondary N) is 1. The van der Waals surface area contributed by atoms with Crippen LogP contribution in [0.5, 0.6) is 11.5 Å². The van der Waals surface area contributed by atoms with Gasteiger partial charge in [0.15, 0.2) is 11.5 Å². The van der Waals surface area contributed by atoms with Crippen LogP contribution in [0.2, 0.25) is 0 Å². The van der Waals surface area contributed by atoms with Gasteiger partial charge in [0.05, 0.1) is 12.8 Å². The summed E-state index contributed by atoms with van der Waals surface area (Å²) in [6, 6.07) is 4.94. The van der Waals surface area contributed by atoms with E-state index < -0.39 is 5.97 Å². The van der Waals surface area contributed by atoms with E-state index in [9.17, 15) is 9.90 Å². The SMILES string of the molecule is COc1cc(C(C)(C)C)cc(-c2cc(C(=O)O)[nH]n2)c1O. The molecule has 0 spiro atoms. The molecule has 0 atom stereocenters. The molecule has 3 N–H and O–H groups in total. The molecule has 21 heavy (non-hydrogen) atoms. The summed E-state index contributed by atoms with van der Waals surface area (Å²) in [6.45, 7) is 6.11. The van der Waals surface area contributed by atoms with E-state index in [-0.39, 0.29) is 16.9 Å². The first-order valence-corrected chi connectivity index (χ1v) is 6.44. The number of methoxy groups -OCH3 is 1. The second-order valence-corrected chi connectivity index (χ2v) is 5.80. The Morgan fingerprint density at radius 2 is 1.95 bits per heavy atom. The van der Waals surface area contributed by atoms with Crippen LogP contribution in [-0.2, 0) is 5.41 Å². The first-order valence-electron chi connectivity index (χ1n) is 6.44. The lowest BCUT2D eigenvalue weighted by Gasteiger charge is -2.21. The summed E-state index contributed by atoms with van der Waals surface area (Å²) in [4.78, 5) is 10.9. The number of carboxylic acids is 1. The summed E-state index contributed by atoms with van der Waals surface area (Å²) in [7, 11) is 1.47. The van der Waals surface area contributed by atoms with Gasteiger partial charge >= 0.3 is 5.97 Å². The maximum Gasteiger partial charge on any atom is 0.353 e. The van der Waals surface area contributed by atoms with E-state index in [1.54, 1.807) is 12.1 Å². The van der Waals surface area contributed by atoms with Crippen LogP contribution in [0.4, 0.5) is 0 Å². The molecule has 0 bridgehead atoms. The minimum atomic E-state index is -1.10. The van der Waals surface area contributed by atoms with Crippen LogP contribution in [0.15, 0.2) is 18.2 Å². The minimum Gasteiger partial charge on any atom is -0.504 e. The summed E-state index contributed by atoms with van der Waals surface area (Å²) >= 11 is 0. The van der Waals surface area contributed by atoms with Gasteiger partial charge in [-0.15, -0.1) is 0 Å². The normalized spacial score (nSPS) is 11.4. The van der Waals surface area contributed by atoms with Crippen LogP contribution in [0, 0.1) is 0 Å². The smallest absolute Gasteiger partial charge is 0.353 e. The standard InChI is InChI=1S/C15H18N2O4/c1-15(2,3)8-5-9(13(18)12(6-8)21-4)10-7-11(14(19)20)17-16-10/h5-7,18H,1-4H3,(H,16,17)(H,19,20). The fourth-order valence-corrected chi connectivity index (χ4v) is 1.96. The van der Waals surface area contributed by atoms with Crippen molar-refractivity contribution in [2.24, 2.45) is 0 Å². The van der Waals surface area contributed by atoms with Gasteiger partial charge in [-0.3, -0.25) is 5.10 Å². The fraction of sp³-hybridized carbons (Fsp3) is 0.333. The van der Waals surface area contributed by atoms with Gasteiger partial charge in [0, 0.05) is 5.56 Å². The Kier molecular flexibility index (Phi) is 3.63. The maximum atomic E-state index is 10.9. The highest BCUT2D eigenvalue weighted by Crippen LogP contribution is 2.40. The largest absolute Gasteiger partial charge is 0.504 e. The number of aromatic hydroxyl groups is 1. The molecule has 1 aromatic heterocycles. The van der Waals surface area contributed by atoms with E-state index in [0.717, 1.165) is 5.56 Å². The van der Waals surface area contributed by atoms with Gasteiger partial charge in [-0.05, 0) is 29.2 Å². The molecule has 6 heteroatoms. The molecule has 0 amide bonds. The molecule has 0 aliphatic heterocycles. The summed E-state index contributed by atoms with van der Waals surface area (Å²) < 4.78 is 5.19. The maximum absolute atomic E-state index is 10.9. The van der Waals surface area contributed by atoms with Gasteiger partial charge in [-0.2, -0.15) is 5.10 Å². The molecule has 0 aliphatic rings. The number of phenols is 1. The second-order valence-electron chi connectivity index (χ2n) is 5.80. The zero-order valence-corrected chi connectivity index (χ0v) is 12.4. The molecule has 0 saturated carbocycles. The average Bonchev–Trinajstić information content (AvgIpc) is 2.87. The lowest BCUT2D eigenvalue weighted by molar-refractivity contribution is 0.0690. The molecule has 2 rings (SSSR count). The molecule has 112 valence electrons. The number of hydrogen-bond donors (Lipinski definition) is 3. The minimum absolute atomic E-state index is 0.0375. The molecule has 6 nitrogen and oxygen atoms in total. The number of aromatic amines is 1. The van der Waals surface area contributed by atoms with Gasteiger partial charge in [0.25, 0.3) is 0 Å². The van der Waals surface area contributed by atoms with E-state index >= 15 is 0 Å². The van der Waals surface area contributed by atoms with E-state index in [1.807, 2.05) is 20.8 Å². The molecule has 0 fully saturated rings. The monoisotopic (exact) mass is 290 g/mol. The van der Waals surface area contributed by atoms with Gasteiger partial charge < -0.3 is 14.9 Å². The van der Waals surface area contributed by atoms with Crippen molar-refractivity contribution in [1.29, 1.82) is 0 Å². The number of nitrogens with zero attached hydrogens (tertiary/aromatic N) is 1. The van der Waals surface area contributed by atoms with Crippen molar-refractivity contribution in [3.05, 3.63) is 29.5 Å². The van der Waals surface area contributed by atoms with Crippen molar-refractivity contribution in [3.8, 4) is 22.8 Å². The molecule has 1 aromatic carbocycles. The molecule has 0 radical (unpaired) electrons. The number of carbonyl (C=O) groups is 1. The number of aromatic nitrogens is 2. The van der Waals surface area contributed by atoms with Crippen LogP contribution >= 0.6 is 0 Å². The lowest BCUT2D eigenvalue weighted by atomic mass is 9.85. The Balaban J connectivity index is 2.63. The highest BCUT2D eigenvalue weighted by Gasteiger charge is 2.21. The molecular formula is C15H18N2O4. The number of H-pyrrole nitrogens is 1. The van der Waals surface area contributed by atoms with Gasteiger partial charge in [0.2, 0.25) is 0 Å². The molecule has 0 saturated heterocycles. The Morgan fingerprint density at radius 1 is 1.29 bits per heavy atom. The van der Waals surface area contributed by atoms with Crippen LogP contribution in [0.3, 0.4) is 0 Å². The quantitative estimate of drug-likeness (QED) is 0.807. The van der Waals surface area contributed by atoms with Crippen molar-refractivity contribution in [2.45, 2.75) is 26.2 Å². The third-order valence-electron chi connectivity index (χ3n) is 3.25. The summed E-state index contributed by atoms with van der Waals surface area (Å²) in [5.41, 5.74) is 1.55. The van der Waals surface area contributed by atoms with Crippen molar-refractivity contribution in [2.75, 3.05) is 7.11 Å². The number of ether oxygens (including phenoxy) is 1. The van der Waals surface area contributed by atoms with Gasteiger partial charge in [-0.1, -0.05) is 20.8 Å². The van der Waals surface area contributed by atoms with E-state index in [0.29, 0.717) is 17.0 Å². The highest BCUT2D eigenvalue weighted by atomic mass is 16.5. The van der Waals surface area contributed by atoms with Crippen molar-refractivity contribution < 1.29 is 19.7 Å². The van der Waals surface area contributed by atoms with Gasteiger partial charge in [0.1, 0.15) is 5.69 Å². The Hall–Kier alpha value is -2.50. The zero-order chi connectivity index (χ0) is 15.8. The predicted molar refractivity (Wildman–Crippen MR) is 77.9 cm³/mol. The van der Waals surface area contributed by atoms with E-state index in [2.05, 4.69) is 10.2 Å². The van der Waals surface area contributed by atoms with Crippen LogP contribution < -0.4 is 4.74 Å². The van der Waals surface area contributed by atoms with Gasteiger partial charge in [-0.25, -0.2) is 4.79 Å². The van der Waals surface area contributed by atoms with Crippen LogP contribution in [0.25, 0.3) is 11.3 Å². The average molecular weight is 290 g/mol. The number of carboxylic acid groups (broad SMARTS) is 1. The Labute approximate surface area is 122 Å². The van der Waals surface area contributed by atoms with E-state index in [1.165, 1.54) is 13.2 Å². The number of hydrogen-bond acceptors (Lipinski definition) is 4. The number of aromatic carboxylic acids is 1. The van der Waals surface area contributed by atoms with Crippen LogP contribution in [-0.4, -0.2) is 33.5 Å².